The number of anilines is 1. The molecule has 0 unspecified atom stereocenters. The highest BCUT2D eigenvalue weighted by Crippen LogP contribution is 2.21. The highest BCUT2D eigenvalue weighted by molar-refractivity contribution is 7.89. The van der Waals surface area contributed by atoms with Crippen LogP contribution in [0.4, 0.5) is 5.69 Å². The summed E-state index contributed by atoms with van der Waals surface area (Å²) >= 11 is 0. The molecule has 0 saturated heterocycles. The van der Waals surface area contributed by atoms with Gasteiger partial charge in [-0.2, -0.15) is 4.31 Å². The number of ether oxygens (including phenoxy) is 1. The van der Waals surface area contributed by atoms with Gasteiger partial charge >= 0.3 is 5.97 Å². The summed E-state index contributed by atoms with van der Waals surface area (Å²) in [6.45, 7) is 3.46. The van der Waals surface area contributed by atoms with Crippen molar-refractivity contribution in [3.63, 3.8) is 0 Å². The van der Waals surface area contributed by atoms with Crippen molar-refractivity contribution in [2.75, 3.05) is 25.9 Å². The second-order valence-corrected chi connectivity index (χ2v) is 6.16. The van der Waals surface area contributed by atoms with Gasteiger partial charge < -0.3 is 10.5 Å². The molecule has 0 amide bonds. The highest BCUT2D eigenvalue weighted by Gasteiger charge is 2.26. The number of hydrogen-bond acceptors (Lipinski definition) is 5. The third-order valence-electron chi connectivity index (χ3n) is 3.02. The minimum Gasteiger partial charge on any atom is -0.468 e. The Morgan fingerprint density at radius 3 is 2.45 bits per heavy atom. The number of nitrogens with zero attached hydrogens (tertiary/aromatic N) is 1. The lowest BCUT2D eigenvalue weighted by Crippen LogP contribution is -2.36. The van der Waals surface area contributed by atoms with Crippen molar-refractivity contribution in [1.29, 1.82) is 0 Å². The maximum atomic E-state index is 12.4. The SMILES string of the molecule is CCc1ccc(S(=O)(=O)N(CC)CC(=O)OC)cc1N. The van der Waals surface area contributed by atoms with Gasteiger partial charge in [0.1, 0.15) is 6.54 Å². The topological polar surface area (TPSA) is 89.7 Å². The Bertz CT molecular complexity index is 584. The van der Waals surface area contributed by atoms with Crippen LogP contribution in [0.5, 0.6) is 0 Å². The van der Waals surface area contributed by atoms with E-state index in [1.165, 1.54) is 19.2 Å². The smallest absolute Gasteiger partial charge is 0.321 e. The van der Waals surface area contributed by atoms with Crippen molar-refractivity contribution in [1.82, 2.24) is 4.31 Å². The van der Waals surface area contributed by atoms with Gasteiger partial charge in [-0.15, -0.1) is 0 Å². The van der Waals surface area contributed by atoms with Crippen LogP contribution in [0.25, 0.3) is 0 Å². The standard InChI is InChI=1S/C13H20N2O4S/c1-4-10-6-7-11(8-12(10)14)20(17,18)15(5-2)9-13(16)19-3/h6-8H,4-5,9,14H2,1-3H3. The molecule has 20 heavy (non-hydrogen) atoms. The number of carbonyl (C=O) groups excluding carboxylic acids is 1. The third-order valence-corrected chi connectivity index (χ3v) is 4.94. The van der Waals surface area contributed by atoms with E-state index in [1.54, 1.807) is 13.0 Å². The van der Waals surface area contributed by atoms with E-state index in [1.807, 2.05) is 6.92 Å². The van der Waals surface area contributed by atoms with Crippen molar-refractivity contribution in [3.8, 4) is 0 Å². The van der Waals surface area contributed by atoms with Gasteiger partial charge in [0.2, 0.25) is 10.0 Å². The number of hydrogen-bond donors (Lipinski definition) is 1. The zero-order valence-corrected chi connectivity index (χ0v) is 12.7. The van der Waals surface area contributed by atoms with Gasteiger partial charge in [-0.3, -0.25) is 4.79 Å². The fraction of sp³-hybridized carbons (Fsp3) is 0.462. The third kappa shape index (κ3) is 3.49. The number of benzene rings is 1. The number of nitrogens with two attached hydrogens (primary N) is 1. The largest absolute Gasteiger partial charge is 0.468 e. The first-order chi connectivity index (χ1) is 9.36. The summed E-state index contributed by atoms with van der Waals surface area (Å²) in [5.41, 5.74) is 7.14. The molecule has 0 aliphatic rings. The number of carbonyl (C=O) groups is 1. The average molecular weight is 300 g/mol. The van der Waals surface area contributed by atoms with E-state index < -0.39 is 16.0 Å². The van der Waals surface area contributed by atoms with E-state index in [0.29, 0.717) is 5.69 Å². The Balaban J connectivity index is 3.14. The number of methoxy groups -OCH3 is 1. The average Bonchev–Trinajstić information content (AvgIpc) is 2.43. The molecule has 0 aliphatic heterocycles. The molecule has 0 saturated carbocycles. The first kappa shape index (κ1) is 16.5. The van der Waals surface area contributed by atoms with Gasteiger partial charge in [0.15, 0.2) is 0 Å². The van der Waals surface area contributed by atoms with Gasteiger partial charge in [0, 0.05) is 12.2 Å². The number of rotatable bonds is 6. The summed E-state index contributed by atoms with van der Waals surface area (Å²) in [7, 11) is -2.53. The van der Waals surface area contributed by atoms with Crippen LogP contribution >= 0.6 is 0 Å². The quantitative estimate of drug-likeness (QED) is 0.625. The van der Waals surface area contributed by atoms with E-state index in [-0.39, 0.29) is 18.0 Å². The van der Waals surface area contributed by atoms with Crippen molar-refractivity contribution >= 4 is 21.7 Å². The van der Waals surface area contributed by atoms with Gasteiger partial charge in [-0.1, -0.05) is 19.9 Å². The van der Waals surface area contributed by atoms with Crippen molar-refractivity contribution < 1.29 is 17.9 Å². The monoisotopic (exact) mass is 300 g/mol. The number of sulfonamides is 1. The van der Waals surface area contributed by atoms with Crippen molar-refractivity contribution in [2.24, 2.45) is 0 Å². The summed E-state index contributed by atoms with van der Waals surface area (Å²) in [4.78, 5) is 11.4. The zero-order chi connectivity index (χ0) is 15.3. The summed E-state index contributed by atoms with van der Waals surface area (Å²) < 4.78 is 30.4. The minimum atomic E-state index is -3.75. The van der Waals surface area contributed by atoms with Crippen LogP contribution in [0.1, 0.15) is 19.4 Å². The van der Waals surface area contributed by atoms with Crippen LogP contribution < -0.4 is 5.73 Å². The molecule has 0 atom stereocenters. The molecule has 1 aromatic carbocycles. The molecule has 1 rings (SSSR count). The summed E-state index contributed by atoms with van der Waals surface area (Å²) in [5.74, 6) is -0.603. The maximum absolute atomic E-state index is 12.4. The van der Waals surface area contributed by atoms with Gasteiger partial charge in [0.05, 0.1) is 12.0 Å². The molecule has 112 valence electrons. The molecule has 0 aromatic heterocycles. The van der Waals surface area contributed by atoms with Crippen LogP contribution in [0.15, 0.2) is 23.1 Å². The molecule has 0 radical (unpaired) electrons. The molecule has 2 N–H and O–H groups in total. The fourth-order valence-electron chi connectivity index (χ4n) is 1.78. The van der Waals surface area contributed by atoms with E-state index in [2.05, 4.69) is 4.74 Å². The lowest BCUT2D eigenvalue weighted by Gasteiger charge is -2.19. The first-order valence-electron chi connectivity index (χ1n) is 6.32. The highest BCUT2D eigenvalue weighted by atomic mass is 32.2. The Labute approximate surface area is 119 Å². The van der Waals surface area contributed by atoms with Crippen LogP contribution in [0, 0.1) is 0 Å². The lowest BCUT2D eigenvalue weighted by molar-refractivity contribution is -0.140. The summed E-state index contributed by atoms with van der Waals surface area (Å²) in [6, 6.07) is 4.62. The van der Waals surface area contributed by atoms with Crippen LogP contribution in [-0.4, -0.2) is 38.9 Å². The Hall–Kier alpha value is -1.60. The Kier molecular flexibility index (Phi) is 5.52. The van der Waals surface area contributed by atoms with Crippen LogP contribution in [0.2, 0.25) is 0 Å². The molecular formula is C13H20N2O4S. The number of esters is 1. The van der Waals surface area contributed by atoms with Crippen molar-refractivity contribution in [2.45, 2.75) is 25.2 Å². The Morgan fingerprint density at radius 2 is 2.00 bits per heavy atom. The van der Waals surface area contributed by atoms with Crippen LogP contribution in [0.3, 0.4) is 0 Å². The molecule has 6 nitrogen and oxygen atoms in total. The molecule has 0 aliphatic carbocycles. The van der Waals surface area contributed by atoms with E-state index in [4.69, 9.17) is 5.73 Å². The summed E-state index contributed by atoms with van der Waals surface area (Å²) in [6.07, 6.45) is 0.728. The van der Waals surface area contributed by atoms with Gasteiger partial charge in [0.25, 0.3) is 0 Å². The normalized spacial score (nSPS) is 11.6. The molecule has 0 fully saturated rings. The molecule has 0 spiro atoms. The number of nitrogen functional groups attached to an aromatic ring is 1. The molecular weight excluding hydrogens is 280 g/mol. The van der Waals surface area contributed by atoms with E-state index >= 15 is 0 Å². The predicted molar refractivity (Wildman–Crippen MR) is 76.7 cm³/mol. The number of aryl methyl sites for hydroxylation is 1. The predicted octanol–water partition coefficient (Wildman–Crippen LogP) is 1.01. The Morgan fingerprint density at radius 1 is 1.35 bits per heavy atom. The van der Waals surface area contributed by atoms with Crippen LogP contribution in [-0.2, 0) is 26.0 Å². The number of likely N-dealkylation sites (N-methyl/N-ethyl adjacent to an activating group) is 1. The second kappa shape index (κ2) is 6.71. The second-order valence-electron chi connectivity index (χ2n) is 4.22. The van der Waals surface area contributed by atoms with E-state index in [0.717, 1.165) is 16.3 Å². The molecule has 1 aromatic rings. The van der Waals surface area contributed by atoms with Crippen molar-refractivity contribution in [3.05, 3.63) is 23.8 Å². The lowest BCUT2D eigenvalue weighted by atomic mass is 10.1. The summed E-state index contributed by atoms with van der Waals surface area (Å²) in [5, 5.41) is 0. The molecule has 0 heterocycles. The fourth-order valence-corrected chi connectivity index (χ4v) is 3.21. The maximum Gasteiger partial charge on any atom is 0.321 e. The first-order valence-corrected chi connectivity index (χ1v) is 7.76. The molecule has 0 bridgehead atoms. The van der Waals surface area contributed by atoms with Gasteiger partial charge in [-0.25, -0.2) is 8.42 Å². The molecule has 7 heteroatoms. The minimum absolute atomic E-state index is 0.0814. The van der Waals surface area contributed by atoms with E-state index in [9.17, 15) is 13.2 Å². The zero-order valence-electron chi connectivity index (χ0n) is 11.9. The van der Waals surface area contributed by atoms with Gasteiger partial charge in [-0.05, 0) is 24.1 Å².